The number of nitrogens with zero attached hydrogens (tertiary/aromatic N) is 1. The summed E-state index contributed by atoms with van der Waals surface area (Å²) >= 11 is 0. The third kappa shape index (κ3) is 9.82. The summed E-state index contributed by atoms with van der Waals surface area (Å²) in [5.41, 5.74) is 0. The van der Waals surface area contributed by atoms with Crippen LogP contribution in [-0.2, 0) is 19.6 Å². The summed E-state index contributed by atoms with van der Waals surface area (Å²) in [5.74, 6) is 0. The Bertz CT molecular complexity index is 628. The van der Waals surface area contributed by atoms with Crippen LogP contribution in [0.4, 0.5) is 0 Å². The average molecular weight is 383 g/mol. The van der Waals surface area contributed by atoms with E-state index in [9.17, 15) is 13.2 Å². The van der Waals surface area contributed by atoms with Gasteiger partial charge in [-0.3, -0.25) is 0 Å². The maximum Gasteiger partial charge on any atom is 0.240 e. The van der Waals surface area contributed by atoms with Crippen LogP contribution in [0.1, 0.15) is 51.9 Å². The van der Waals surface area contributed by atoms with Gasteiger partial charge in [-0.25, -0.2) is 22.9 Å². The number of hydrogen-bond donors (Lipinski definition) is 1. The molecular formula is C19H30N2O4S. The fourth-order valence-electron chi connectivity index (χ4n) is 2.56. The summed E-state index contributed by atoms with van der Waals surface area (Å²) in [4.78, 5) is 14.1. The maximum absolute atomic E-state index is 12.2. The van der Waals surface area contributed by atoms with Crippen molar-refractivity contribution in [3.05, 3.63) is 30.3 Å². The highest BCUT2D eigenvalue weighted by molar-refractivity contribution is 7.89. The summed E-state index contributed by atoms with van der Waals surface area (Å²) in [6, 6.07) is 8.32. The summed E-state index contributed by atoms with van der Waals surface area (Å²) in [6.45, 7) is 3.59. The predicted octanol–water partition coefficient (Wildman–Crippen LogP) is 3.44. The highest BCUT2D eigenvalue weighted by atomic mass is 32.2. The van der Waals surface area contributed by atoms with E-state index in [-0.39, 0.29) is 11.0 Å². The number of aliphatic imine (C=N–C) groups is 1. The van der Waals surface area contributed by atoms with Crippen LogP contribution in [0.2, 0.25) is 0 Å². The highest BCUT2D eigenvalue weighted by Gasteiger charge is 2.13. The standard InChI is InChI=1S/C19H30N2O4S/c1-2-3-4-8-16-25-18(13-15-20-17-22)10-9-14-21-26(23,24)19-11-6-5-7-12-19/h5-7,11-12,18,21H,2-4,8-10,13-16H2,1H3. The van der Waals surface area contributed by atoms with Gasteiger partial charge < -0.3 is 4.74 Å². The third-order valence-corrected chi connectivity index (χ3v) is 5.50. The molecule has 26 heavy (non-hydrogen) atoms. The smallest absolute Gasteiger partial charge is 0.240 e. The molecule has 0 radical (unpaired) electrons. The van der Waals surface area contributed by atoms with E-state index in [4.69, 9.17) is 4.74 Å². The zero-order valence-corrected chi connectivity index (χ0v) is 16.3. The van der Waals surface area contributed by atoms with Crippen LogP contribution >= 0.6 is 0 Å². The van der Waals surface area contributed by atoms with Gasteiger partial charge in [-0.2, -0.15) is 0 Å². The van der Waals surface area contributed by atoms with Crippen LogP contribution in [0.25, 0.3) is 0 Å². The lowest BCUT2D eigenvalue weighted by Gasteiger charge is -2.17. The van der Waals surface area contributed by atoms with Crippen molar-refractivity contribution in [2.75, 3.05) is 19.7 Å². The number of carbonyl (C=O) groups excluding carboxylic acids is 1. The SMILES string of the molecule is CCCCCCOC(CCCNS(=O)(=O)c1ccccc1)CCN=C=O. The molecule has 0 aliphatic heterocycles. The van der Waals surface area contributed by atoms with Crippen LogP contribution in [0, 0.1) is 0 Å². The lowest BCUT2D eigenvalue weighted by Crippen LogP contribution is -2.26. The van der Waals surface area contributed by atoms with Gasteiger partial charge in [0, 0.05) is 13.2 Å². The second-order valence-corrected chi connectivity index (χ2v) is 7.94. The lowest BCUT2D eigenvalue weighted by atomic mass is 10.1. The van der Waals surface area contributed by atoms with Gasteiger partial charge in [-0.15, -0.1) is 0 Å². The molecule has 7 heteroatoms. The molecule has 1 unspecified atom stereocenters. The van der Waals surface area contributed by atoms with Crippen LogP contribution in [0.15, 0.2) is 40.2 Å². The quantitative estimate of drug-likeness (QED) is 0.286. The predicted molar refractivity (Wildman–Crippen MR) is 102 cm³/mol. The van der Waals surface area contributed by atoms with E-state index in [1.165, 1.54) is 12.8 Å². The molecular weight excluding hydrogens is 352 g/mol. The molecule has 0 saturated carbocycles. The molecule has 0 heterocycles. The fourth-order valence-corrected chi connectivity index (χ4v) is 3.66. The minimum Gasteiger partial charge on any atom is -0.378 e. The number of sulfonamides is 1. The van der Waals surface area contributed by atoms with Crippen molar-refractivity contribution in [3.63, 3.8) is 0 Å². The van der Waals surface area contributed by atoms with Gasteiger partial charge >= 0.3 is 0 Å². The topological polar surface area (TPSA) is 84.8 Å². The Balaban J connectivity index is 2.35. The summed E-state index contributed by atoms with van der Waals surface area (Å²) in [5, 5.41) is 0. The Hall–Kier alpha value is -1.53. The number of benzene rings is 1. The van der Waals surface area contributed by atoms with Gasteiger partial charge in [-0.1, -0.05) is 44.4 Å². The Morgan fingerprint density at radius 3 is 2.58 bits per heavy atom. The maximum atomic E-state index is 12.2. The van der Waals surface area contributed by atoms with E-state index in [1.54, 1.807) is 36.4 Å². The molecule has 0 bridgehead atoms. The summed E-state index contributed by atoms with van der Waals surface area (Å²) in [6.07, 6.45) is 8.09. The Kier molecular flexibility index (Phi) is 11.8. The van der Waals surface area contributed by atoms with E-state index in [2.05, 4.69) is 16.6 Å². The Labute approximate surface area is 157 Å². The van der Waals surface area contributed by atoms with E-state index in [0.717, 1.165) is 19.3 Å². The number of rotatable bonds is 15. The largest absolute Gasteiger partial charge is 0.378 e. The molecule has 0 saturated heterocycles. The number of ether oxygens (including phenoxy) is 1. The molecule has 1 atom stereocenters. The molecule has 1 N–H and O–H groups in total. The van der Waals surface area contributed by atoms with Crippen LogP contribution in [0.3, 0.4) is 0 Å². The molecule has 1 aromatic rings. The van der Waals surface area contributed by atoms with Crippen LogP contribution < -0.4 is 4.72 Å². The average Bonchev–Trinajstić information content (AvgIpc) is 2.65. The second kappa shape index (κ2) is 13.6. The molecule has 0 aliphatic carbocycles. The third-order valence-electron chi connectivity index (χ3n) is 4.03. The van der Waals surface area contributed by atoms with E-state index in [0.29, 0.717) is 32.5 Å². The number of isocyanates is 1. The molecule has 146 valence electrons. The summed E-state index contributed by atoms with van der Waals surface area (Å²) < 4.78 is 32.8. The molecule has 6 nitrogen and oxygen atoms in total. The van der Waals surface area contributed by atoms with Crippen molar-refractivity contribution >= 4 is 16.1 Å². The molecule has 1 rings (SSSR count). The highest BCUT2D eigenvalue weighted by Crippen LogP contribution is 2.11. The minimum atomic E-state index is -3.47. The molecule has 0 aliphatic rings. The van der Waals surface area contributed by atoms with Crippen LogP contribution in [0.5, 0.6) is 0 Å². The number of unbranched alkanes of at least 4 members (excludes halogenated alkanes) is 3. The van der Waals surface area contributed by atoms with Crippen molar-refractivity contribution in [2.24, 2.45) is 4.99 Å². The van der Waals surface area contributed by atoms with Gasteiger partial charge in [0.05, 0.1) is 17.5 Å². The zero-order valence-electron chi connectivity index (χ0n) is 15.5. The first-order valence-corrected chi connectivity index (χ1v) is 10.8. The molecule has 0 spiro atoms. The molecule has 1 aromatic carbocycles. The normalized spacial score (nSPS) is 12.5. The van der Waals surface area contributed by atoms with Gasteiger partial charge in [0.15, 0.2) is 0 Å². The monoisotopic (exact) mass is 382 g/mol. The van der Waals surface area contributed by atoms with Crippen molar-refractivity contribution < 1.29 is 17.9 Å². The van der Waals surface area contributed by atoms with Gasteiger partial charge in [-0.05, 0) is 37.8 Å². The fraction of sp³-hybridized carbons (Fsp3) is 0.632. The van der Waals surface area contributed by atoms with E-state index < -0.39 is 10.0 Å². The van der Waals surface area contributed by atoms with Crippen molar-refractivity contribution in [1.29, 1.82) is 0 Å². The molecule has 0 fully saturated rings. The van der Waals surface area contributed by atoms with Crippen LogP contribution in [-0.4, -0.2) is 40.3 Å². The van der Waals surface area contributed by atoms with Crippen molar-refractivity contribution in [3.8, 4) is 0 Å². The Morgan fingerprint density at radius 1 is 1.12 bits per heavy atom. The minimum absolute atomic E-state index is 0.0186. The second-order valence-electron chi connectivity index (χ2n) is 6.17. The van der Waals surface area contributed by atoms with Gasteiger partial charge in [0.2, 0.25) is 16.1 Å². The summed E-state index contributed by atoms with van der Waals surface area (Å²) in [7, 11) is -3.47. The lowest BCUT2D eigenvalue weighted by molar-refractivity contribution is 0.0399. The van der Waals surface area contributed by atoms with Gasteiger partial charge in [0.25, 0.3) is 0 Å². The first-order chi connectivity index (χ1) is 12.6. The number of nitrogens with one attached hydrogen (secondary N) is 1. The molecule has 0 aromatic heterocycles. The molecule has 0 amide bonds. The van der Waals surface area contributed by atoms with E-state index >= 15 is 0 Å². The first-order valence-electron chi connectivity index (χ1n) is 9.30. The van der Waals surface area contributed by atoms with E-state index in [1.807, 2.05) is 0 Å². The number of hydrogen-bond acceptors (Lipinski definition) is 5. The Morgan fingerprint density at radius 2 is 1.88 bits per heavy atom. The van der Waals surface area contributed by atoms with Crippen molar-refractivity contribution in [1.82, 2.24) is 4.72 Å². The van der Waals surface area contributed by atoms with Crippen molar-refractivity contribution in [2.45, 2.75) is 62.9 Å². The zero-order chi connectivity index (χ0) is 19.1. The van der Waals surface area contributed by atoms with Gasteiger partial charge in [0.1, 0.15) is 0 Å². The first kappa shape index (κ1) is 22.5.